The van der Waals surface area contributed by atoms with Crippen LogP contribution < -0.4 is 5.32 Å². The van der Waals surface area contributed by atoms with Gasteiger partial charge < -0.3 is 14.6 Å². The van der Waals surface area contributed by atoms with Gasteiger partial charge in [0.15, 0.2) is 0 Å². The molecule has 5 heteroatoms. The molecule has 1 aromatic carbocycles. The van der Waals surface area contributed by atoms with Crippen LogP contribution in [0.4, 0.5) is 4.79 Å². The zero-order valence-corrected chi connectivity index (χ0v) is 14.5. The van der Waals surface area contributed by atoms with Gasteiger partial charge in [0, 0.05) is 30.5 Å². The molecule has 5 nitrogen and oxygen atoms in total. The van der Waals surface area contributed by atoms with Crippen LogP contribution in [0.1, 0.15) is 37.6 Å². The van der Waals surface area contributed by atoms with Crippen LogP contribution in [0.15, 0.2) is 30.7 Å². The summed E-state index contributed by atoms with van der Waals surface area (Å²) in [4.78, 5) is 15.9. The number of nitrogens with zero attached hydrogens (tertiary/aromatic N) is 2. The standard InChI is InChI=1S/C18H25N3O2/c1-13-7-6-8-16(14(13)2)21-12-19-11-15(21)9-10-20-17(22)23-18(3,4)5/h6-8,11-12H,9-10H2,1-5H3,(H,20,22). The van der Waals surface area contributed by atoms with Gasteiger partial charge in [-0.15, -0.1) is 0 Å². The maximum absolute atomic E-state index is 11.7. The maximum atomic E-state index is 11.7. The van der Waals surface area contributed by atoms with Crippen molar-refractivity contribution in [3.8, 4) is 5.69 Å². The van der Waals surface area contributed by atoms with Crippen LogP contribution in [-0.2, 0) is 11.2 Å². The zero-order chi connectivity index (χ0) is 17.0. The minimum Gasteiger partial charge on any atom is -0.444 e. The van der Waals surface area contributed by atoms with E-state index in [1.807, 2.05) is 39.4 Å². The van der Waals surface area contributed by atoms with Gasteiger partial charge in [0.05, 0.1) is 6.33 Å². The number of aromatic nitrogens is 2. The summed E-state index contributed by atoms with van der Waals surface area (Å²) in [5, 5.41) is 2.78. The summed E-state index contributed by atoms with van der Waals surface area (Å²) in [6, 6.07) is 6.22. The summed E-state index contributed by atoms with van der Waals surface area (Å²) in [5.41, 5.74) is 4.16. The molecule has 0 unspecified atom stereocenters. The molecule has 0 fully saturated rings. The van der Waals surface area contributed by atoms with E-state index in [2.05, 4.69) is 40.8 Å². The summed E-state index contributed by atoms with van der Waals surface area (Å²) in [5.74, 6) is 0. The number of alkyl carbamates (subject to hydrolysis) is 1. The Morgan fingerprint density at radius 3 is 2.74 bits per heavy atom. The van der Waals surface area contributed by atoms with Crippen molar-refractivity contribution >= 4 is 6.09 Å². The van der Waals surface area contributed by atoms with Crippen molar-refractivity contribution in [1.29, 1.82) is 0 Å². The number of hydrogen-bond donors (Lipinski definition) is 1. The lowest BCUT2D eigenvalue weighted by molar-refractivity contribution is 0.0528. The molecule has 1 heterocycles. The van der Waals surface area contributed by atoms with Crippen molar-refractivity contribution in [2.45, 2.75) is 46.6 Å². The molecule has 0 radical (unpaired) electrons. The summed E-state index contributed by atoms with van der Waals surface area (Å²) < 4.78 is 7.30. The van der Waals surface area contributed by atoms with E-state index < -0.39 is 11.7 Å². The van der Waals surface area contributed by atoms with Crippen LogP contribution in [0, 0.1) is 13.8 Å². The lowest BCUT2D eigenvalue weighted by Crippen LogP contribution is -2.33. The third-order valence-electron chi connectivity index (χ3n) is 3.60. The first-order chi connectivity index (χ1) is 10.8. The highest BCUT2D eigenvalue weighted by Gasteiger charge is 2.16. The molecule has 23 heavy (non-hydrogen) atoms. The monoisotopic (exact) mass is 315 g/mol. The molecular weight excluding hydrogens is 290 g/mol. The summed E-state index contributed by atoms with van der Waals surface area (Å²) in [6.45, 7) is 10.3. The molecule has 124 valence electrons. The van der Waals surface area contributed by atoms with Crippen molar-refractivity contribution in [1.82, 2.24) is 14.9 Å². The Kier molecular flexibility index (Phi) is 5.08. The summed E-state index contributed by atoms with van der Waals surface area (Å²) >= 11 is 0. The number of hydrogen-bond acceptors (Lipinski definition) is 3. The highest BCUT2D eigenvalue weighted by molar-refractivity contribution is 5.67. The van der Waals surface area contributed by atoms with Crippen LogP contribution in [0.5, 0.6) is 0 Å². The average molecular weight is 315 g/mol. The average Bonchev–Trinajstić information content (AvgIpc) is 2.88. The van der Waals surface area contributed by atoms with Crippen LogP contribution in [0.3, 0.4) is 0 Å². The molecule has 0 atom stereocenters. The van der Waals surface area contributed by atoms with E-state index in [4.69, 9.17) is 4.74 Å². The van der Waals surface area contributed by atoms with Crippen LogP contribution in [0.25, 0.3) is 5.69 Å². The van der Waals surface area contributed by atoms with Gasteiger partial charge in [0.2, 0.25) is 0 Å². The number of carbonyl (C=O) groups excluding carboxylic acids is 1. The van der Waals surface area contributed by atoms with Gasteiger partial charge in [-0.1, -0.05) is 12.1 Å². The fourth-order valence-electron chi connectivity index (χ4n) is 2.33. The van der Waals surface area contributed by atoms with Gasteiger partial charge in [0.25, 0.3) is 0 Å². The highest BCUT2D eigenvalue weighted by Crippen LogP contribution is 2.19. The Morgan fingerprint density at radius 1 is 1.30 bits per heavy atom. The maximum Gasteiger partial charge on any atom is 0.407 e. The van der Waals surface area contributed by atoms with Crippen molar-refractivity contribution in [2.75, 3.05) is 6.54 Å². The molecule has 0 bridgehead atoms. The van der Waals surface area contributed by atoms with E-state index in [-0.39, 0.29) is 0 Å². The predicted molar refractivity (Wildman–Crippen MR) is 91.0 cm³/mol. The van der Waals surface area contributed by atoms with Gasteiger partial charge in [-0.2, -0.15) is 0 Å². The second-order valence-electron chi connectivity index (χ2n) is 6.65. The van der Waals surface area contributed by atoms with Crippen molar-refractivity contribution in [2.24, 2.45) is 0 Å². The zero-order valence-electron chi connectivity index (χ0n) is 14.5. The molecule has 0 aliphatic heterocycles. The molecule has 0 saturated carbocycles. The number of amides is 1. The van der Waals surface area contributed by atoms with Crippen molar-refractivity contribution in [3.63, 3.8) is 0 Å². The van der Waals surface area contributed by atoms with Crippen LogP contribution in [0.2, 0.25) is 0 Å². The van der Waals surface area contributed by atoms with Crippen LogP contribution in [-0.4, -0.2) is 27.8 Å². The van der Waals surface area contributed by atoms with Gasteiger partial charge in [-0.25, -0.2) is 9.78 Å². The molecule has 0 aliphatic rings. The van der Waals surface area contributed by atoms with Gasteiger partial charge >= 0.3 is 6.09 Å². The highest BCUT2D eigenvalue weighted by atomic mass is 16.6. The third-order valence-corrected chi connectivity index (χ3v) is 3.60. The van der Waals surface area contributed by atoms with Crippen molar-refractivity contribution < 1.29 is 9.53 Å². The van der Waals surface area contributed by atoms with E-state index in [1.54, 1.807) is 0 Å². The number of ether oxygens (including phenoxy) is 1. The molecule has 0 spiro atoms. The van der Waals surface area contributed by atoms with Gasteiger partial charge in [0.1, 0.15) is 5.60 Å². The lowest BCUT2D eigenvalue weighted by atomic mass is 10.1. The molecule has 1 aromatic heterocycles. The molecule has 1 amide bonds. The second kappa shape index (κ2) is 6.86. The minimum atomic E-state index is -0.482. The number of benzene rings is 1. The van der Waals surface area contributed by atoms with E-state index in [0.29, 0.717) is 13.0 Å². The Morgan fingerprint density at radius 2 is 2.04 bits per heavy atom. The Bertz CT molecular complexity index is 684. The fourth-order valence-corrected chi connectivity index (χ4v) is 2.33. The molecule has 2 aromatic rings. The molecule has 0 aliphatic carbocycles. The minimum absolute atomic E-state index is 0.393. The quantitative estimate of drug-likeness (QED) is 0.938. The van der Waals surface area contributed by atoms with Gasteiger partial charge in [-0.3, -0.25) is 0 Å². The fraction of sp³-hybridized carbons (Fsp3) is 0.444. The van der Waals surface area contributed by atoms with Crippen molar-refractivity contribution in [3.05, 3.63) is 47.5 Å². The van der Waals surface area contributed by atoms with Crippen LogP contribution >= 0.6 is 0 Å². The topological polar surface area (TPSA) is 56.2 Å². The van der Waals surface area contributed by atoms with Gasteiger partial charge in [-0.05, 0) is 51.8 Å². The number of nitrogens with one attached hydrogen (secondary N) is 1. The van der Waals surface area contributed by atoms with E-state index in [1.165, 1.54) is 11.1 Å². The molecular formula is C18H25N3O2. The first-order valence-electron chi connectivity index (χ1n) is 7.82. The largest absolute Gasteiger partial charge is 0.444 e. The van der Waals surface area contributed by atoms with E-state index in [0.717, 1.165) is 11.4 Å². The smallest absolute Gasteiger partial charge is 0.407 e. The van der Waals surface area contributed by atoms with E-state index in [9.17, 15) is 4.79 Å². The number of aryl methyl sites for hydroxylation is 1. The number of rotatable bonds is 4. The number of imidazole rings is 1. The normalized spacial score (nSPS) is 11.3. The SMILES string of the molecule is Cc1cccc(-n2cncc2CCNC(=O)OC(C)(C)C)c1C. The third kappa shape index (κ3) is 4.58. The predicted octanol–water partition coefficient (Wildman–Crippen LogP) is 3.56. The Labute approximate surface area is 137 Å². The summed E-state index contributed by atoms with van der Waals surface area (Å²) in [6.07, 6.45) is 3.94. The first-order valence-corrected chi connectivity index (χ1v) is 7.82. The summed E-state index contributed by atoms with van der Waals surface area (Å²) in [7, 11) is 0. The second-order valence-corrected chi connectivity index (χ2v) is 6.65. The first kappa shape index (κ1) is 17.1. The molecule has 2 rings (SSSR count). The molecule has 0 saturated heterocycles. The van der Waals surface area contributed by atoms with E-state index >= 15 is 0 Å². The Balaban J connectivity index is 2.02. The molecule has 1 N–H and O–H groups in total. The lowest BCUT2D eigenvalue weighted by Gasteiger charge is -2.19. The number of carbonyl (C=O) groups is 1. The Hall–Kier alpha value is -2.30.